The molecule has 0 atom stereocenters. The smallest absolute Gasteiger partial charge is 0.272 e. The zero-order valence-electron chi connectivity index (χ0n) is 15.8. The third-order valence-electron chi connectivity index (χ3n) is 4.56. The second-order valence-electron chi connectivity index (χ2n) is 6.44. The summed E-state index contributed by atoms with van der Waals surface area (Å²) in [5.41, 5.74) is 2.09. The third-order valence-corrected chi connectivity index (χ3v) is 4.56. The molecule has 1 aliphatic rings. The Morgan fingerprint density at radius 3 is 2.44 bits per heavy atom. The predicted molar refractivity (Wildman–Crippen MR) is 98.7 cm³/mol. The lowest BCUT2D eigenvalue weighted by molar-refractivity contribution is -0.129. The fourth-order valence-corrected chi connectivity index (χ4v) is 3.08. The van der Waals surface area contributed by atoms with Crippen molar-refractivity contribution in [2.45, 2.75) is 33.0 Å². The van der Waals surface area contributed by atoms with Gasteiger partial charge in [0.1, 0.15) is 11.5 Å². The van der Waals surface area contributed by atoms with E-state index in [0.29, 0.717) is 43.4 Å². The normalized spacial score (nSPS) is 13.5. The van der Waals surface area contributed by atoms with E-state index < -0.39 is 0 Å². The zero-order valence-corrected chi connectivity index (χ0v) is 15.8. The van der Waals surface area contributed by atoms with E-state index in [-0.39, 0.29) is 11.8 Å². The van der Waals surface area contributed by atoms with Crippen LogP contribution in [0.3, 0.4) is 0 Å². The predicted octanol–water partition coefficient (Wildman–Crippen LogP) is 1.58. The molecule has 1 aromatic carbocycles. The number of aryl methyl sites for hydroxylation is 1. The number of ether oxygens (including phenoxy) is 2. The number of amides is 2. The largest absolute Gasteiger partial charge is 0.497 e. The molecule has 2 heterocycles. The fourth-order valence-electron chi connectivity index (χ4n) is 3.08. The Hall–Kier alpha value is -3.03. The number of rotatable bonds is 5. The van der Waals surface area contributed by atoms with Gasteiger partial charge in [-0.05, 0) is 30.2 Å². The van der Waals surface area contributed by atoms with Crippen LogP contribution in [0.2, 0.25) is 0 Å². The number of fused-ring (bicyclic) bond motifs is 1. The van der Waals surface area contributed by atoms with E-state index in [2.05, 4.69) is 10.4 Å². The van der Waals surface area contributed by atoms with Crippen LogP contribution in [-0.4, -0.2) is 47.3 Å². The number of carbonyl (C=O) groups is 2. The van der Waals surface area contributed by atoms with Crippen molar-refractivity contribution in [3.8, 4) is 11.5 Å². The molecular weight excluding hydrogens is 348 g/mol. The van der Waals surface area contributed by atoms with Crippen LogP contribution in [0.4, 0.5) is 0 Å². The van der Waals surface area contributed by atoms with Crippen molar-refractivity contribution in [3.05, 3.63) is 41.2 Å². The van der Waals surface area contributed by atoms with Crippen molar-refractivity contribution in [2.24, 2.45) is 0 Å². The molecule has 0 fully saturated rings. The third kappa shape index (κ3) is 4.39. The molecule has 1 aliphatic heterocycles. The topological polar surface area (TPSA) is 85.7 Å². The van der Waals surface area contributed by atoms with E-state index in [4.69, 9.17) is 9.47 Å². The molecular formula is C19H24N4O4. The minimum absolute atomic E-state index is 0.0302. The lowest BCUT2D eigenvalue weighted by Gasteiger charge is -2.17. The number of aromatic nitrogens is 2. The number of benzene rings is 1. The molecule has 0 aliphatic carbocycles. The first kappa shape index (κ1) is 18.8. The van der Waals surface area contributed by atoms with Gasteiger partial charge in [-0.2, -0.15) is 5.10 Å². The van der Waals surface area contributed by atoms with E-state index in [0.717, 1.165) is 17.7 Å². The Labute approximate surface area is 158 Å². The number of hydrogen-bond donors (Lipinski definition) is 1. The maximum absolute atomic E-state index is 12.5. The molecule has 8 nitrogen and oxygen atoms in total. The van der Waals surface area contributed by atoms with Gasteiger partial charge in [0, 0.05) is 32.6 Å². The summed E-state index contributed by atoms with van der Waals surface area (Å²) in [5, 5.41) is 7.27. The van der Waals surface area contributed by atoms with Gasteiger partial charge in [-0.1, -0.05) is 0 Å². The van der Waals surface area contributed by atoms with E-state index >= 15 is 0 Å². The Bertz CT molecular complexity index is 824. The summed E-state index contributed by atoms with van der Waals surface area (Å²) < 4.78 is 12.3. The maximum atomic E-state index is 12.5. The summed E-state index contributed by atoms with van der Waals surface area (Å²) in [7, 11) is 3.17. The van der Waals surface area contributed by atoms with Gasteiger partial charge in [0.2, 0.25) is 5.91 Å². The van der Waals surface area contributed by atoms with Crippen LogP contribution in [0.5, 0.6) is 11.5 Å². The maximum Gasteiger partial charge on any atom is 0.272 e. The van der Waals surface area contributed by atoms with Crippen LogP contribution in [-0.2, 0) is 24.4 Å². The first-order valence-electron chi connectivity index (χ1n) is 8.82. The van der Waals surface area contributed by atoms with E-state index in [9.17, 15) is 9.59 Å². The molecule has 3 rings (SSSR count). The van der Waals surface area contributed by atoms with Crippen LogP contribution in [0.1, 0.15) is 35.1 Å². The molecule has 0 bridgehead atoms. The lowest BCUT2D eigenvalue weighted by atomic mass is 10.2. The Morgan fingerprint density at radius 2 is 1.81 bits per heavy atom. The molecule has 0 saturated carbocycles. The summed E-state index contributed by atoms with van der Waals surface area (Å²) in [6.07, 6.45) is 0.818. The standard InChI is InChI=1S/C19H24N4O4/c1-13(24)22-5-4-6-23-15(12-22)9-18(21-23)19(25)20-11-14-7-16(26-2)10-17(8-14)27-3/h7-10H,4-6,11-12H2,1-3H3,(H,20,25). The van der Waals surface area contributed by atoms with Gasteiger partial charge in [-0.15, -0.1) is 0 Å². The van der Waals surface area contributed by atoms with Gasteiger partial charge in [-0.3, -0.25) is 14.3 Å². The van der Waals surface area contributed by atoms with Gasteiger partial charge in [0.25, 0.3) is 5.91 Å². The van der Waals surface area contributed by atoms with Gasteiger partial charge >= 0.3 is 0 Å². The van der Waals surface area contributed by atoms with Crippen molar-refractivity contribution >= 4 is 11.8 Å². The first-order valence-corrected chi connectivity index (χ1v) is 8.82. The Morgan fingerprint density at radius 1 is 1.11 bits per heavy atom. The molecule has 0 unspecified atom stereocenters. The zero-order chi connectivity index (χ0) is 19.4. The molecule has 144 valence electrons. The van der Waals surface area contributed by atoms with Crippen molar-refractivity contribution in [1.82, 2.24) is 20.0 Å². The van der Waals surface area contributed by atoms with Crippen molar-refractivity contribution in [1.29, 1.82) is 0 Å². The number of carbonyl (C=O) groups excluding carboxylic acids is 2. The highest BCUT2D eigenvalue weighted by atomic mass is 16.5. The molecule has 0 radical (unpaired) electrons. The summed E-state index contributed by atoms with van der Waals surface area (Å²) in [6.45, 7) is 3.76. The second-order valence-corrected chi connectivity index (χ2v) is 6.44. The number of nitrogens with one attached hydrogen (secondary N) is 1. The second kappa shape index (κ2) is 8.11. The van der Waals surface area contributed by atoms with Gasteiger partial charge < -0.3 is 19.7 Å². The summed E-state index contributed by atoms with van der Waals surface area (Å²) >= 11 is 0. The van der Waals surface area contributed by atoms with Gasteiger partial charge in [-0.25, -0.2) is 0 Å². The first-order chi connectivity index (χ1) is 13.0. The van der Waals surface area contributed by atoms with Crippen molar-refractivity contribution in [2.75, 3.05) is 20.8 Å². The molecule has 2 aromatic rings. The summed E-state index contributed by atoms with van der Waals surface area (Å²) in [5.74, 6) is 1.10. The molecule has 0 spiro atoms. The van der Waals surface area contributed by atoms with E-state index in [1.165, 1.54) is 0 Å². The lowest BCUT2D eigenvalue weighted by Crippen LogP contribution is -2.28. The average molecular weight is 372 g/mol. The molecule has 8 heteroatoms. The number of methoxy groups -OCH3 is 2. The van der Waals surface area contributed by atoms with Crippen molar-refractivity contribution < 1.29 is 19.1 Å². The number of hydrogen-bond acceptors (Lipinski definition) is 5. The summed E-state index contributed by atoms with van der Waals surface area (Å²) in [6, 6.07) is 7.22. The van der Waals surface area contributed by atoms with Crippen LogP contribution in [0.25, 0.3) is 0 Å². The van der Waals surface area contributed by atoms with Crippen LogP contribution in [0, 0.1) is 0 Å². The monoisotopic (exact) mass is 372 g/mol. The van der Waals surface area contributed by atoms with Gasteiger partial charge in [0.15, 0.2) is 5.69 Å². The summed E-state index contributed by atoms with van der Waals surface area (Å²) in [4.78, 5) is 25.9. The molecule has 1 N–H and O–H groups in total. The molecule has 1 aromatic heterocycles. The van der Waals surface area contributed by atoms with Crippen LogP contribution >= 0.6 is 0 Å². The number of nitrogens with zero attached hydrogens (tertiary/aromatic N) is 3. The molecule has 0 saturated heterocycles. The fraction of sp³-hybridized carbons (Fsp3) is 0.421. The molecule has 27 heavy (non-hydrogen) atoms. The Balaban J connectivity index is 1.69. The highest BCUT2D eigenvalue weighted by molar-refractivity contribution is 5.92. The van der Waals surface area contributed by atoms with Gasteiger partial charge in [0.05, 0.1) is 26.5 Å². The quantitative estimate of drug-likeness (QED) is 0.861. The molecule has 2 amide bonds. The van der Waals surface area contributed by atoms with Crippen molar-refractivity contribution in [3.63, 3.8) is 0 Å². The van der Waals surface area contributed by atoms with Crippen LogP contribution < -0.4 is 14.8 Å². The highest BCUT2D eigenvalue weighted by Gasteiger charge is 2.20. The minimum atomic E-state index is -0.258. The van der Waals surface area contributed by atoms with E-state index in [1.54, 1.807) is 38.2 Å². The minimum Gasteiger partial charge on any atom is -0.497 e. The van der Waals surface area contributed by atoms with E-state index in [1.807, 2.05) is 16.8 Å². The van der Waals surface area contributed by atoms with Crippen LogP contribution in [0.15, 0.2) is 24.3 Å². The Kier molecular flexibility index (Phi) is 5.63. The SMILES string of the molecule is COc1cc(CNC(=O)c2cc3n(n2)CCCN(C(C)=O)C3)cc(OC)c1. The average Bonchev–Trinajstić information content (AvgIpc) is 2.97. The highest BCUT2D eigenvalue weighted by Crippen LogP contribution is 2.22.